The molecule has 0 saturated carbocycles. The molecule has 1 rings (SSSR count). The van der Waals surface area contributed by atoms with Crippen LogP contribution in [0.3, 0.4) is 0 Å². The molecular weight excluding hydrogens is 186 g/mol. The lowest BCUT2D eigenvalue weighted by Gasteiger charge is -2.17. The molecule has 84 valence electrons. The van der Waals surface area contributed by atoms with Crippen LogP contribution in [-0.2, 0) is 0 Å². The molecule has 0 radical (unpaired) electrons. The van der Waals surface area contributed by atoms with Gasteiger partial charge in [0.15, 0.2) is 0 Å². The molecule has 2 nitrogen and oxygen atoms in total. The predicted octanol–water partition coefficient (Wildman–Crippen LogP) is 2.84. The van der Waals surface area contributed by atoms with Crippen molar-refractivity contribution >= 4 is 0 Å². The van der Waals surface area contributed by atoms with Gasteiger partial charge in [0.05, 0.1) is 6.10 Å². The Hall–Kier alpha value is -1.02. The minimum Gasteiger partial charge on any atom is -0.490 e. The van der Waals surface area contributed by atoms with Crippen molar-refractivity contribution in [1.82, 2.24) is 5.32 Å². The van der Waals surface area contributed by atoms with Crippen molar-refractivity contribution in [3.05, 3.63) is 30.3 Å². The Bertz CT molecular complexity index is 248. The molecule has 0 amide bonds. The van der Waals surface area contributed by atoms with Gasteiger partial charge in [-0.15, -0.1) is 0 Å². The summed E-state index contributed by atoms with van der Waals surface area (Å²) in [5.74, 6) is 0.980. The van der Waals surface area contributed by atoms with Crippen LogP contribution in [0.4, 0.5) is 0 Å². The molecule has 0 spiro atoms. The SMILES string of the molecule is CCC(CCCNC)Oc1ccccc1. The van der Waals surface area contributed by atoms with Gasteiger partial charge in [0.2, 0.25) is 0 Å². The molecule has 0 aliphatic rings. The van der Waals surface area contributed by atoms with E-state index < -0.39 is 0 Å². The van der Waals surface area contributed by atoms with Crippen molar-refractivity contribution in [3.63, 3.8) is 0 Å². The lowest BCUT2D eigenvalue weighted by Crippen LogP contribution is -2.18. The van der Waals surface area contributed by atoms with Crippen LogP contribution in [0.25, 0.3) is 0 Å². The van der Waals surface area contributed by atoms with E-state index >= 15 is 0 Å². The number of ether oxygens (including phenoxy) is 1. The first-order chi connectivity index (χ1) is 7.36. The highest BCUT2D eigenvalue weighted by molar-refractivity contribution is 5.21. The van der Waals surface area contributed by atoms with E-state index in [1.54, 1.807) is 0 Å². The Balaban J connectivity index is 2.33. The van der Waals surface area contributed by atoms with Crippen LogP contribution in [0.15, 0.2) is 30.3 Å². The summed E-state index contributed by atoms with van der Waals surface area (Å²) >= 11 is 0. The summed E-state index contributed by atoms with van der Waals surface area (Å²) in [6.45, 7) is 3.24. The molecular formula is C13H21NO. The van der Waals surface area contributed by atoms with E-state index in [9.17, 15) is 0 Å². The summed E-state index contributed by atoms with van der Waals surface area (Å²) < 4.78 is 5.88. The van der Waals surface area contributed by atoms with Crippen LogP contribution in [-0.4, -0.2) is 19.7 Å². The van der Waals surface area contributed by atoms with Crippen LogP contribution in [0.1, 0.15) is 26.2 Å². The Morgan fingerprint density at radius 1 is 1.27 bits per heavy atom. The van der Waals surface area contributed by atoms with Crippen molar-refractivity contribution in [1.29, 1.82) is 0 Å². The van der Waals surface area contributed by atoms with Gasteiger partial charge in [-0.1, -0.05) is 25.1 Å². The van der Waals surface area contributed by atoms with E-state index in [1.807, 2.05) is 37.4 Å². The first-order valence-electron chi connectivity index (χ1n) is 5.73. The Morgan fingerprint density at radius 3 is 2.60 bits per heavy atom. The van der Waals surface area contributed by atoms with Gasteiger partial charge in [-0.2, -0.15) is 0 Å². The monoisotopic (exact) mass is 207 g/mol. The van der Waals surface area contributed by atoms with E-state index in [2.05, 4.69) is 12.2 Å². The molecule has 0 saturated heterocycles. The summed E-state index contributed by atoms with van der Waals surface area (Å²) in [4.78, 5) is 0. The number of hydrogen-bond donors (Lipinski definition) is 1. The van der Waals surface area contributed by atoms with Crippen LogP contribution < -0.4 is 10.1 Å². The zero-order valence-electron chi connectivity index (χ0n) is 9.70. The highest BCUT2D eigenvalue weighted by Crippen LogP contribution is 2.15. The molecule has 1 atom stereocenters. The third-order valence-corrected chi connectivity index (χ3v) is 2.45. The summed E-state index contributed by atoms with van der Waals surface area (Å²) in [5, 5.41) is 3.16. The lowest BCUT2D eigenvalue weighted by molar-refractivity contribution is 0.184. The first-order valence-corrected chi connectivity index (χ1v) is 5.73. The zero-order valence-corrected chi connectivity index (χ0v) is 9.70. The second-order valence-corrected chi connectivity index (χ2v) is 3.71. The highest BCUT2D eigenvalue weighted by atomic mass is 16.5. The number of rotatable bonds is 7. The van der Waals surface area contributed by atoms with E-state index in [4.69, 9.17) is 4.74 Å². The van der Waals surface area contributed by atoms with Crippen molar-refractivity contribution < 1.29 is 4.74 Å². The van der Waals surface area contributed by atoms with Gasteiger partial charge in [0, 0.05) is 0 Å². The number of hydrogen-bond acceptors (Lipinski definition) is 2. The van der Waals surface area contributed by atoms with E-state index in [1.165, 1.54) is 6.42 Å². The maximum absolute atomic E-state index is 5.88. The van der Waals surface area contributed by atoms with Crippen LogP contribution in [0.2, 0.25) is 0 Å². The highest BCUT2D eigenvalue weighted by Gasteiger charge is 2.06. The molecule has 1 unspecified atom stereocenters. The van der Waals surface area contributed by atoms with Crippen molar-refractivity contribution in [3.8, 4) is 5.75 Å². The van der Waals surface area contributed by atoms with Gasteiger partial charge in [-0.05, 0) is 45.0 Å². The summed E-state index contributed by atoms with van der Waals surface area (Å²) in [7, 11) is 1.99. The molecule has 2 heteroatoms. The number of nitrogens with one attached hydrogen (secondary N) is 1. The van der Waals surface area contributed by atoms with E-state index in [-0.39, 0.29) is 0 Å². The third-order valence-electron chi connectivity index (χ3n) is 2.45. The van der Waals surface area contributed by atoms with Crippen molar-refractivity contribution in [2.45, 2.75) is 32.3 Å². The van der Waals surface area contributed by atoms with Gasteiger partial charge in [-0.3, -0.25) is 0 Å². The maximum atomic E-state index is 5.88. The van der Waals surface area contributed by atoms with Gasteiger partial charge in [-0.25, -0.2) is 0 Å². The number of para-hydroxylation sites is 1. The second-order valence-electron chi connectivity index (χ2n) is 3.71. The molecule has 0 bridgehead atoms. The van der Waals surface area contributed by atoms with E-state index in [0.717, 1.165) is 25.1 Å². The maximum Gasteiger partial charge on any atom is 0.119 e. The smallest absolute Gasteiger partial charge is 0.119 e. The largest absolute Gasteiger partial charge is 0.490 e. The summed E-state index contributed by atoms with van der Waals surface area (Å²) in [6, 6.07) is 10.1. The van der Waals surface area contributed by atoms with Gasteiger partial charge in [0.1, 0.15) is 5.75 Å². The molecule has 0 aromatic heterocycles. The fraction of sp³-hybridized carbons (Fsp3) is 0.538. The minimum absolute atomic E-state index is 0.348. The molecule has 1 aromatic rings. The molecule has 0 heterocycles. The Labute approximate surface area is 92.6 Å². The Morgan fingerprint density at radius 2 is 2.00 bits per heavy atom. The first kappa shape index (κ1) is 12.1. The van der Waals surface area contributed by atoms with Crippen molar-refractivity contribution in [2.24, 2.45) is 0 Å². The zero-order chi connectivity index (χ0) is 10.9. The van der Waals surface area contributed by atoms with Crippen LogP contribution >= 0.6 is 0 Å². The normalized spacial score (nSPS) is 12.4. The standard InChI is InChI=1S/C13H21NO/c1-3-12(10-7-11-14-2)15-13-8-5-4-6-9-13/h4-6,8-9,12,14H,3,7,10-11H2,1-2H3. The Kier molecular flexibility index (Phi) is 5.86. The molecule has 0 aliphatic carbocycles. The molecule has 0 fully saturated rings. The second kappa shape index (κ2) is 7.30. The van der Waals surface area contributed by atoms with Crippen LogP contribution in [0.5, 0.6) is 5.75 Å². The predicted molar refractivity (Wildman–Crippen MR) is 64.3 cm³/mol. The molecule has 0 aliphatic heterocycles. The third kappa shape index (κ3) is 4.84. The lowest BCUT2D eigenvalue weighted by atomic mass is 10.1. The van der Waals surface area contributed by atoms with Crippen LogP contribution in [0, 0.1) is 0 Å². The molecule has 15 heavy (non-hydrogen) atoms. The average molecular weight is 207 g/mol. The van der Waals surface area contributed by atoms with Crippen molar-refractivity contribution in [2.75, 3.05) is 13.6 Å². The topological polar surface area (TPSA) is 21.3 Å². The molecule has 1 aromatic carbocycles. The van der Waals surface area contributed by atoms with Gasteiger partial charge >= 0.3 is 0 Å². The fourth-order valence-electron chi connectivity index (χ4n) is 1.54. The van der Waals surface area contributed by atoms with E-state index in [0.29, 0.717) is 6.10 Å². The quantitative estimate of drug-likeness (QED) is 0.694. The molecule has 1 N–H and O–H groups in total. The summed E-state index contributed by atoms with van der Waals surface area (Å²) in [6.07, 6.45) is 3.70. The number of benzene rings is 1. The minimum atomic E-state index is 0.348. The summed E-state index contributed by atoms with van der Waals surface area (Å²) in [5.41, 5.74) is 0. The fourth-order valence-corrected chi connectivity index (χ4v) is 1.54. The average Bonchev–Trinajstić information content (AvgIpc) is 2.29. The van der Waals surface area contributed by atoms with Gasteiger partial charge < -0.3 is 10.1 Å². The van der Waals surface area contributed by atoms with Gasteiger partial charge in [0.25, 0.3) is 0 Å².